The molecule has 0 spiro atoms. The van der Waals surface area contributed by atoms with E-state index < -0.39 is 0 Å². The molecule has 0 aliphatic carbocycles. The fourth-order valence-corrected chi connectivity index (χ4v) is 3.29. The van der Waals surface area contributed by atoms with Crippen molar-refractivity contribution in [3.63, 3.8) is 0 Å². The number of aliphatic hydroxyl groups excluding tert-OH is 1. The van der Waals surface area contributed by atoms with Crippen molar-refractivity contribution in [1.82, 2.24) is 9.97 Å². The van der Waals surface area contributed by atoms with Gasteiger partial charge in [-0.05, 0) is 25.8 Å². The molecule has 2 heterocycles. The summed E-state index contributed by atoms with van der Waals surface area (Å²) in [4.78, 5) is 11.5. The molecule has 2 aromatic rings. The van der Waals surface area contributed by atoms with Crippen molar-refractivity contribution in [3.05, 3.63) is 47.4 Å². The largest absolute Gasteiger partial charge is 0.496 e. The van der Waals surface area contributed by atoms with Crippen molar-refractivity contribution in [2.24, 2.45) is 0 Å². The predicted molar refractivity (Wildman–Crippen MR) is 101 cm³/mol. The summed E-state index contributed by atoms with van der Waals surface area (Å²) in [7, 11) is 1.68. The SMILES string of the molecule is COc1ccccc1CN(CCCO)c1cc([C@H]2CCOC2)nc(C)n1. The van der Waals surface area contributed by atoms with Crippen molar-refractivity contribution in [3.8, 4) is 5.75 Å². The van der Waals surface area contributed by atoms with Crippen LogP contribution in [0.5, 0.6) is 5.75 Å². The number of hydrogen-bond acceptors (Lipinski definition) is 6. The van der Waals surface area contributed by atoms with Crippen LogP contribution in [-0.2, 0) is 11.3 Å². The van der Waals surface area contributed by atoms with Crippen molar-refractivity contribution >= 4 is 5.82 Å². The van der Waals surface area contributed by atoms with Crippen LogP contribution in [0, 0.1) is 6.92 Å². The molecule has 1 saturated heterocycles. The quantitative estimate of drug-likeness (QED) is 0.783. The van der Waals surface area contributed by atoms with E-state index in [2.05, 4.69) is 27.0 Å². The molecule has 1 aliphatic heterocycles. The number of ether oxygens (including phenoxy) is 2. The molecule has 0 amide bonds. The molecule has 1 N–H and O–H groups in total. The van der Waals surface area contributed by atoms with Crippen molar-refractivity contribution in [2.45, 2.75) is 32.2 Å². The van der Waals surface area contributed by atoms with Gasteiger partial charge >= 0.3 is 0 Å². The molecule has 1 aliphatic rings. The van der Waals surface area contributed by atoms with Crippen LogP contribution >= 0.6 is 0 Å². The summed E-state index contributed by atoms with van der Waals surface area (Å²) >= 11 is 0. The van der Waals surface area contributed by atoms with Crippen molar-refractivity contribution in [1.29, 1.82) is 0 Å². The first kappa shape index (κ1) is 18.6. The van der Waals surface area contributed by atoms with E-state index in [0.29, 0.717) is 25.4 Å². The summed E-state index contributed by atoms with van der Waals surface area (Å²) in [5, 5.41) is 9.31. The van der Waals surface area contributed by atoms with E-state index in [1.165, 1.54) is 0 Å². The Morgan fingerprint density at radius 1 is 1.31 bits per heavy atom. The van der Waals surface area contributed by atoms with E-state index in [1.54, 1.807) is 7.11 Å². The maximum absolute atomic E-state index is 9.31. The van der Waals surface area contributed by atoms with E-state index in [4.69, 9.17) is 9.47 Å². The highest BCUT2D eigenvalue weighted by Gasteiger charge is 2.21. The first-order valence-corrected chi connectivity index (χ1v) is 9.12. The van der Waals surface area contributed by atoms with Gasteiger partial charge in [0.15, 0.2) is 0 Å². The Bertz CT molecular complexity index is 717. The molecular weight excluding hydrogens is 330 g/mol. The van der Waals surface area contributed by atoms with Gasteiger partial charge in [-0.15, -0.1) is 0 Å². The molecule has 0 bridgehead atoms. The highest BCUT2D eigenvalue weighted by atomic mass is 16.5. The van der Waals surface area contributed by atoms with Gasteiger partial charge in [-0.1, -0.05) is 18.2 Å². The zero-order valence-corrected chi connectivity index (χ0v) is 15.5. The zero-order valence-electron chi connectivity index (χ0n) is 15.5. The van der Waals surface area contributed by atoms with E-state index in [9.17, 15) is 5.11 Å². The lowest BCUT2D eigenvalue weighted by molar-refractivity contribution is 0.193. The number of anilines is 1. The minimum Gasteiger partial charge on any atom is -0.496 e. The summed E-state index contributed by atoms with van der Waals surface area (Å²) in [6, 6.07) is 10.1. The number of aromatic nitrogens is 2. The van der Waals surface area contributed by atoms with Crippen LogP contribution in [-0.4, -0.2) is 48.5 Å². The second kappa shape index (κ2) is 8.96. The van der Waals surface area contributed by atoms with E-state index >= 15 is 0 Å². The summed E-state index contributed by atoms with van der Waals surface area (Å²) in [6.07, 6.45) is 1.68. The summed E-state index contributed by atoms with van der Waals surface area (Å²) < 4.78 is 11.0. The Hall–Kier alpha value is -2.18. The molecule has 1 fully saturated rings. The zero-order chi connectivity index (χ0) is 18.4. The van der Waals surface area contributed by atoms with Gasteiger partial charge in [0.25, 0.3) is 0 Å². The van der Waals surface area contributed by atoms with Crippen molar-refractivity contribution in [2.75, 3.05) is 38.4 Å². The van der Waals surface area contributed by atoms with Crippen LogP contribution in [0.2, 0.25) is 0 Å². The number of benzene rings is 1. The van der Waals surface area contributed by atoms with E-state index in [-0.39, 0.29) is 6.61 Å². The number of para-hydroxylation sites is 1. The molecule has 3 rings (SSSR count). The number of rotatable bonds is 8. The molecule has 0 saturated carbocycles. The topological polar surface area (TPSA) is 67.7 Å². The third-order valence-corrected chi connectivity index (χ3v) is 4.66. The Morgan fingerprint density at radius 2 is 2.15 bits per heavy atom. The smallest absolute Gasteiger partial charge is 0.132 e. The standard InChI is InChI=1S/C20H27N3O3/c1-15-21-18(17-8-11-26-14-17)12-20(22-15)23(9-5-10-24)13-16-6-3-4-7-19(16)25-2/h3-4,6-7,12,17,24H,5,8-11,13-14H2,1-2H3/t17-/m0/s1. The Balaban J connectivity index is 1.89. The van der Waals surface area contributed by atoms with Crippen molar-refractivity contribution < 1.29 is 14.6 Å². The molecule has 6 nitrogen and oxygen atoms in total. The lowest BCUT2D eigenvalue weighted by atomic mass is 10.0. The Morgan fingerprint density at radius 3 is 2.88 bits per heavy atom. The van der Waals surface area contributed by atoms with Crippen LogP contribution in [0.4, 0.5) is 5.82 Å². The maximum Gasteiger partial charge on any atom is 0.132 e. The maximum atomic E-state index is 9.31. The fraction of sp³-hybridized carbons (Fsp3) is 0.500. The van der Waals surface area contributed by atoms with Gasteiger partial charge in [0.05, 0.1) is 19.4 Å². The highest BCUT2D eigenvalue weighted by molar-refractivity contribution is 5.44. The number of aryl methyl sites for hydroxylation is 1. The predicted octanol–water partition coefficient (Wildman–Crippen LogP) is 2.69. The lowest BCUT2D eigenvalue weighted by Gasteiger charge is -2.25. The van der Waals surface area contributed by atoms with E-state index in [1.807, 2.05) is 25.1 Å². The molecule has 26 heavy (non-hydrogen) atoms. The normalized spacial score (nSPS) is 16.7. The first-order chi connectivity index (χ1) is 12.7. The molecule has 0 radical (unpaired) electrons. The fourth-order valence-electron chi connectivity index (χ4n) is 3.29. The summed E-state index contributed by atoms with van der Waals surface area (Å²) in [5.74, 6) is 2.84. The molecule has 1 atom stereocenters. The number of methoxy groups -OCH3 is 1. The lowest BCUT2D eigenvalue weighted by Crippen LogP contribution is -2.26. The second-order valence-electron chi connectivity index (χ2n) is 6.57. The van der Waals surface area contributed by atoms with Crippen LogP contribution < -0.4 is 9.64 Å². The monoisotopic (exact) mass is 357 g/mol. The van der Waals surface area contributed by atoms with Gasteiger partial charge in [0.1, 0.15) is 17.4 Å². The van der Waals surface area contributed by atoms with Gasteiger partial charge in [-0.25, -0.2) is 9.97 Å². The van der Waals surface area contributed by atoms with E-state index in [0.717, 1.165) is 48.3 Å². The van der Waals surface area contributed by atoms with Gasteiger partial charge in [-0.2, -0.15) is 0 Å². The van der Waals surface area contributed by atoms with Gasteiger partial charge in [0, 0.05) is 43.9 Å². The van der Waals surface area contributed by atoms with Gasteiger partial charge in [0.2, 0.25) is 0 Å². The minimum absolute atomic E-state index is 0.149. The number of aliphatic hydroxyl groups is 1. The molecule has 6 heteroatoms. The van der Waals surface area contributed by atoms with Crippen LogP contribution in [0.25, 0.3) is 0 Å². The second-order valence-corrected chi connectivity index (χ2v) is 6.57. The average molecular weight is 357 g/mol. The molecular formula is C20H27N3O3. The molecule has 1 aromatic carbocycles. The highest BCUT2D eigenvalue weighted by Crippen LogP contribution is 2.28. The van der Waals surface area contributed by atoms with Crippen LogP contribution in [0.3, 0.4) is 0 Å². The average Bonchev–Trinajstić information content (AvgIpc) is 3.19. The molecule has 140 valence electrons. The van der Waals surface area contributed by atoms with Crippen LogP contribution in [0.15, 0.2) is 30.3 Å². The van der Waals surface area contributed by atoms with Gasteiger partial charge < -0.3 is 19.5 Å². The first-order valence-electron chi connectivity index (χ1n) is 9.12. The minimum atomic E-state index is 0.149. The summed E-state index contributed by atoms with van der Waals surface area (Å²) in [6.45, 7) is 4.97. The third kappa shape index (κ3) is 4.51. The Labute approximate surface area is 154 Å². The van der Waals surface area contributed by atoms with Gasteiger partial charge in [-0.3, -0.25) is 0 Å². The molecule has 0 unspecified atom stereocenters. The third-order valence-electron chi connectivity index (χ3n) is 4.66. The summed E-state index contributed by atoms with van der Waals surface area (Å²) in [5.41, 5.74) is 2.13. The molecule has 1 aromatic heterocycles. The number of hydrogen-bond donors (Lipinski definition) is 1. The Kier molecular flexibility index (Phi) is 6.41. The number of nitrogens with zero attached hydrogens (tertiary/aromatic N) is 3. The van der Waals surface area contributed by atoms with Crippen LogP contribution in [0.1, 0.15) is 35.8 Å².